The highest BCUT2D eigenvalue weighted by Crippen LogP contribution is 2.96. The fourth-order valence-corrected chi connectivity index (χ4v) is 7.12. The molecule has 0 spiro atoms. The lowest BCUT2D eigenvalue weighted by atomic mass is 9.11. The van der Waals surface area contributed by atoms with Crippen molar-refractivity contribution < 1.29 is 0 Å². The van der Waals surface area contributed by atoms with Crippen LogP contribution in [0.5, 0.6) is 0 Å². The first-order valence-electron chi connectivity index (χ1n) is 8.16. The summed E-state index contributed by atoms with van der Waals surface area (Å²) in [4.78, 5) is 25.9. The molecule has 0 N–H and O–H groups in total. The third-order valence-corrected chi connectivity index (χ3v) is 7.61. The van der Waals surface area contributed by atoms with Crippen LogP contribution in [0.25, 0.3) is 5.69 Å². The highest BCUT2D eigenvalue weighted by atomic mass is 16.2. The van der Waals surface area contributed by atoms with E-state index in [-0.39, 0.29) is 28.9 Å². The Morgan fingerprint density at radius 2 is 1.70 bits per heavy atom. The first-order chi connectivity index (χ1) is 11.2. The molecule has 0 amide bonds. The van der Waals surface area contributed by atoms with Crippen molar-refractivity contribution in [2.45, 2.75) is 12.1 Å². The van der Waals surface area contributed by atoms with Crippen molar-refractivity contribution in [3.05, 3.63) is 51.3 Å². The molecule has 0 saturated heterocycles. The van der Waals surface area contributed by atoms with Gasteiger partial charge in [-0.1, -0.05) is 18.2 Å². The normalized spacial score (nSPS) is 48.0. The molecule has 8 atom stereocenters. The molecule has 6 heteroatoms. The molecule has 23 heavy (non-hydrogen) atoms. The maximum atomic E-state index is 13.0. The van der Waals surface area contributed by atoms with E-state index in [2.05, 4.69) is 6.07 Å². The fourth-order valence-electron chi connectivity index (χ4n) is 7.12. The Kier molecular flexibility index (Phi) is 1.36. The molecular weight excluding hydrogens is 292 g/mol. The number of benzene rings is 1. The summed E-state index contributed by atoms with van der Waals surface area (Å²) < 4.78 is 4.59. The van der Waals surface area contributed by atoms with E-state index >= 15 is 0 Å². The predicted octanol–water partition coefficient (Wildman–Crippen LogP) is 0.542. The zero-order valence-corrected chi connectivity index (χ0v) is 12.0. The van der Waals surface area contributed by atoms with Crippen LogP contribution in [0.15, 0.2) is 39.9 Å². The first kappa shape index (κ1) is 11.1. The highest BCUT2D eigenvalue weighted by molar-refractivity contribution is 5.48. The van der Waals surface area contributed by atoms with E-state index in [0.717, 1.165) is 0 Å². The number of nitrogens with zero attached hydrogens (tertiary/aromatic N) is 4. The summed E-state index contributed by atoms with van der Waals surface area (Å²) >= 11 is 0. The second kappa shape index (κ2) is 2.82. The summed E-state index contributed by atoms with van der Waals surface area (Å²) in [5.74, 6) is 2.45. The zero-order chi connectivity index (χ0) is 15.2. The molecule has 4 saturated carbocycles. The average molecular weight is 304 g/mol. The fraction of sp³-hybridized carbons (Fsp3) is 0.471. The summed E-state index contributed by atoms with van der Waals surface area (Å²) in [6, 6.07) is 11.6. The Labute approximate surface area is 130 Å². The molecule has 2 aliphatic heterocycles. The van der Waals surface area contributed by atoms with Gasteiger partial charge in [-0.3, -0.25) is 0 Å². The van der Waals surface area contributed by atoms with Gasteiger partial charge in [0.05, 0.1) is 29.3 Å². The number of aromatic nitrogens is 3. The van der Waals surface area contributed by atoms with Crippen LogP contribution in [0, 0.1) is 46.3 Å². The van der Waals surface area contributed by atoms with E-state index in [0.29, 0.717) is 35.3 Å². The SMILES string of the molecule is N#CC12C3C4C5C3C1n1c(=O)n(-c3ccccc3)c(=O)n1C5C42. The number of hydrogen-bond donors (Lipinski definition) is 0. The summed E-state index contributed by atoms with van der Waals surface area (Å²) in [5.41, 5.74) is -0.267. The van der Waals surface area contributed by atoms with Crippen LogP contribution >= 0.6 is 0 Å². The molecule has 8 unspecified atom stereocenters. The van der Waals surface area contributed by atoms with Crippen molar-refractivity contribution in [3.63, 3.8) is 0 Å². The number of hydrogen-bond acceptors (Lipinski definition) is 3. The third-order valence-electron chi connectivity index (χ3n) is 7.61. The first-order valence-corrected chi connectivity index (χ1v) is 8.16. The molecule has 2 aromatic rings. The van der Waals surface area contributed by atoms with Gasteiger partial charge >= 0.3 is 11.4 Å². The van der Waals surface area contributed by atoms with E-state index in [1.165, 1.54) is 4.57 Å². The molecule has 4 fully saturated rings. The van der Waals surface area contributed by atoms with Crippen LogP contribution < -0.4 is 11.4 Å². The van der Waals surface area contributed by atoms with Crippen LogP contribution in [0.2, 0.25) is 0 Å². The Hall–Kier alpha value is -2.55. The van der Waals surface area contributed by atoms with Gasteiger partial charge in [0.2, 0.25) is 0 Å². The monoisotopic (exact) mass is 304 g/mol. The van der Waals surface area contributed by atoms with Crippen LogP contribution in [-0.4, -0.2) is 13.9 Å². The van der Waals surface area contributed by atoms with Gasteiger partial charge in [0, 0.05) is 5.92 Å². The van der Waals surface area contributed by atoms with Crippen molar-refractivity contribution >= 4 is 0 Å². The van der Waals surface area contributed by atoms with Crippen molar-refractivity contribution in [3.8, 4) is 11.8 Å². The van der Waals surface area contributed by atoms with Gasteiger partial charge in [0.1, 0.15) is 0 Å². The Balaban J connectivity index is 1.57. The third kappa shape index (κ3) is 0.724. The summed E-state index contributed by atoms with van der Waals surface area (Å²) in [7, 11) is 0. The number of nitriles is 1. The van der Waals surface area contributed by atoms with Crippen LogP contribution in [0.1, 0.15) is 12.1 Å². The topological polar surface area (TPSA) is 72.7 Å². The summed E-state index contributed by atoms with van der Waals surface area (Å²) in [6.07, 6.45) is 0. The van der Waals surface area contributed by atoms with Gasteiger partial charge in [0.15, 0.2) is 0 Å². The van der Waals surface area contributed by atoms with E-state index in [1.807, 2.05) is 18.2 Å². The molecule has 1 aromatic carbocycles. The maximum Gasteiger partial charge on any atom is 0.352 e. The molecule has 1 aromatic heterocycles. The zero-order valence-electron chi connectivity index (χ0n) is 12.0. The maximum absolute atomic E-state index is 13.0. The average Bonchev–Trinajstić information content (AvgIpc) is 2.78. The van der Waals surface area contributed by atoms with Crippen molar-refractivity contribution in [1.29, 1.82) is 5.26 Å². The van der Waals surface area contributed by atoms with Gasteiger partial charge in [0.25, 0.3) is 0 Å². The molecule has 3 heterocycles. The Morgan fingerprint density at radius 1 is 0.957 bits per heavy atom. The van der Waals surface area contributed by atoms with E-state index < -0.39 is 0 Å². The van der Waals surface area contributed by atoms with Crippen LogP contribution in [0.4, 0.5) is 0 Å². The molecule has 6 nitrogen and oxygen atoms in total. The molecule has 6 aliphatic rings. The van der Waals surface area contributed by atoms with Crippen molar-refractivity contribution in [1.82, 2.24) is 13.9 Å². The second-order valence-corrected chi connectivity index (χ2v) is 7.69. The van der Waals surface area contributed by atoms with Crippen molar-refractivity contribution in [2.24, 2.45) is 35.0 Å². The molecule has 8 rings (SSSR count). The molecular formula is C17H12N4O2. The van der Waals surface area contributed by atoms with Gasteiger partial charge in [-0.2, -0.15) is 5.26 Å². The minimum Gasteiger partial charge on any atom is -0.245 e. The molecule has 0 radical (unpaired) electrons. The van der Waals surface area contributed by atoms with Gasteiger partial charge in [-0.05, 0) is 35.8 Å². The van der Waals surface area contributed by atoms with Gasteiger partial charge in [-0.15, -0.1) is 0 Å². The lowest BCUT2D eigenvalue weighted by Gasteiger charge is -2.94. The van der Waals surface area contributed by atoms with Gasteiger partial charge in [-0.25, -0.2) is 23.5 Å². The lowest BCUT2D eigenvalue weighted by molar-refractivity contribution is -0.482. The Morgan fingerprint density at radius 3 is 2.43 bits per heavy atom. The van der Waals surface area contributed by atoms with Crippen molar-refractivity contribution in [2.75, 3.05) is 0 Å². The van der Waals surface area contributed by atoms with E-state index in [1.54, 1.807) is 21.5 Å². The molecule has 112 valence electrons. The van der Waals surface area contributed by atoms with Crippen LogP contribution in [-0.2, 0) is 0 Å². The second-order valence-electron chi connectivity index (χ2n) is 7.69. The largest absolute Gasteiger partial charge is 0.352 e. The highest BCUT2D eigenvalue weighted by Gasteiger charge is 2.97. The van der Waals surface area contributed by atoms with Crippen LogP contribution in [0.3, 0.4) is 0 Å². The Bertz CT molecular complexity index is 1090. The van der Waals surface area contributed by atoms with Gasteiger partial charge < -0.3 is 0 Å². The van der Waals surface area contributed by atoms with E-state index in [4.69, 9.17) is 0 Å². The standard InChI is InChI=1S/C17H12N4O2/c18-6-17-11-9-8-10(11)14(17)21-16(23)19(7-4-2-1-3-5-7)15(22)20(21)13(8)12(9)17/h1-5,8-14H. The molecule has 2 bridgehead atoms. The number of rotatable bonds is 1. The summed E-state index contributed by atoms with van der Waals surface area (Å²) in [6.45, 7) is 0. The lowest BCUT2D eigenvalue weighted by Crippen LogP contribution is -2.95. The quantitative estimate of drug-likeness (QED) is 0.772. The predicted molar refractivity (Wildman–Crippen MR) is 77.9 cm³/mol. The minimum absolute atomic E-state index is 0.0739. The summed E-state index contributed by atoms with van der Waals surface area (Å²) in [5, 5.41) is 9.77. The smallest absolute Gasteiger partial charge is 0.245 e. The number of para-hydroxylation sites is 1. The minimum atomic E-state index is -0.353. The molecule has 4 aliphatic carbocycles. The van der Waals surface area contributed by atoms with E-state index in [9.17, 15) is 14.9 Å².